The molecule has 0 N–H and O–H groups in total. The van der Waals surface area contributed by atoms with Crippen LogP contribution in [-0.4, -0.2) is 80.6 Å². The predicted molar refractivity (Wildman–Crippen MR) is 204 cm³/mol. The number of carbonyl (C=O) groups is 4. The Bertz CT molecular complexity index is 1350. The van der Waals surface area contributed by atoms with Gasteiger partial charge in [-0.25, -0.2) is 23.6 Å². The Kier molecular flexibility index (Phi) is 19.7. The predicted octanol–water partition coefficient (Wildman–Crippen LogP) is 7.81. The van der Waals surface area contributed by atoms with E-state index in [4.69, 9.17) is 23.7 Å². The second kappa shape index (κ2) is 23.3. The van der Waals surface area contributed by atoms with E-state index in [0.29, 0.717) is 36.6 Å². The van der Waals surface area contributed by atoms with E-state index >= 15 is 0 Å². The summed E-state index contributed by atoms with van der Waals surface area (Å²) in [6.45, 7) is 14.6. The van der Waals surface area contributed by atoms with Crippen molar-refractivity contribution in [2.24, 2.45) is 0 Å². The summed E-state index contributed by atoms with van der Waals surface area (Å²) < 4.78 is 41.0. The molecule has 0 aliphatic heterocycles. The average molecular weight is 745 g/mol. The minimum absolute atomic E-state index is 0.373. The van der Waals surface area contributed by atoms with Crippen molar-refractivity contribution in [3.05, 3.63) is 54.3 Å². The molecule has 0 saturated carbocycles. The minimum Gasteiger partial charge on any atom is -0.497 e. The van der Waals surface area contributed by atoms with E-state index < -0.39 is 66.2 Å². The fraction of sp³-hybridized carbons (Fsp3) is 0.610. The molecule has 2 aromatic rings. The van der Waals surface area contributed by atoms with Crippen LogP contribution in [0, 0.1) is 5.82 Å². The molecule has 2 rings (SSSR count). The highest BCUT2D eigenvalue weighted by Gasteiger charge is 2.38. The second-order valence-corrected chi connectivity index (χ2v) is 14.1. The van der Waals surface area contributed by atoms with Gasteiger partial charge in [0.25, 0.3) is 0 Å². The molecule has 0 unspecified atom stereocenters. The van der Waals surface area contributed by atoms with Crippen molar-refractivity contribution in [1.29, 1.82) is 0 Å². The molecule has 0 fully saturated rings. The lowest BCUT2D eigenvalue weighted by Gasteiger charge is -2.32. The number of ether oxygens (including phenoxy) is 5. The lowest BCUT2D eigenvalue weighted by atomic mass is 10.1. The molecule has 0 saturated heterocycles. The monoisotopic (exact) mass is 744 g/mol. The average Bonchev–Trinajstić information content (AvgIpc) is 3.07. The number of unbranched alkanes of at least 4 members (excludes halogenated alkanes) is 7. The lowest BCUT2D eigenvalue weighted by Crippen LogP contribution is -2.50. The van der Waals surface area contributed by atoms with Gasteiger partial charge >= 0.3 is 23.9 Å². The number of hydrogen-bond acceptors (Lipinski definition) is 11. The molecule has 0 radical (unpaired) electrons. The van der Waals surface area contributed by atoms with Crippen LogP contribution in [0.5, 0.6) is 5.75 Å². The number of benzene rings is 2. The zero-order valence-electron chi connectivity index (χ0n) is 33.1. The van der Waals surface area contributed by atoms with Crippen LogP contribution in [0.3, 0.4) is 0 Å². The topological polar surface area (TPSA) is 121 Å². The molecule has 12 heteroatoms. The lowest BCUT2D eigenvalue weighted by molar-refractivity contribution is -0.163. The van der Waals surface area contributed by atoms with Crippen molar-refractivity contribution in [3.63, 3.8) is 0 Å². The maximum absolute atomic E-state index is 13.8. The molecule has 0 spiro atoms. The van der Waals surface area contributed by atoms with E-state index in [1.165, 1.54) is 12.1 Å². The van der Waals surface area contributed by atoms with Crippen LogP contribution >= 0.6 is 0 Å². The third-order valence-electron chi connectivity index (χ3n) is 8.03. The number of carbonyl (C=O) groups excluding carboxylic acids is 4. The zero-order valence-corrected chi connectivity index (χ0v) is 33.1. The van der Waals surface area contributed by atoms with Gasteiger partial charge in [-0.1, -0.05) is 38.5 Å². The number of hydrogen-bond donors (Lipinski definition) is 0. The summed E-state index contributed by atoms with van der Waals surface area (Å²) in [6.07, 6.45) is 5.38. The van der Waals surface area contributed by atoms with Gasteiger partial charge < -0.3 is 33.5 Å². The molecule has 296 valence electrons. The third kappa shape index (κ3) is 16.1. The zero-order chi connectivity index (χ0) is 39.5. The van der Waals surface area contributed by atoms with Crippen molar-refractivity contribution >= 4 is 35.3 Å². The van der Waals surface area contributed by atoms with E-state index in [0.717, 1.165) is 44.9 Å². The third-order valence-corrected chi connectivity index (χ3v) is 8.03. The second-order valence-electron chi connectivity index (χ2n) is 14.1. The fourth-order valence-corrected chi connectivity index (χ4v) is 5.73. The number of esters is 4. The van der Waals surface area contributed by atoms with Crippen molar-refractivity contribution in [2.45, 2.75) is 143 Å². The molecule has 0 aromatic heterocycles. The summed E-state index contributed by atoms with van der Waals surface area (Å²) >= 11 is 0. The molecule has 53 heavy (non-hydrogen) atoms. The van der Waals surface area contributed by atoms with Gasteiger partial charge in [-0.15, -0.1) is 0 Å². The van der Waals surface area contributed by atoms with Crippen LogP contribution in [0.15, 0.2) is 48.5 Å². The summed E-state index contributed by atoms with van der Waals surface area (Å²) in [4.78, 5) is 56.2. The van der Waals surface area contributed by atoms with Crippen LogP contribution in [0.4, 0.5) is 15.8 Å². The number of anilines is 2. The number of halogens is 1. The van der Waals surface area contributed by atoms with Crippen molar-refractivity contribution in [2.75, 3.05) is 30.0 Å². The molecule has 0 bridgehead atoms. The Morgan fingerprint density at radius 3 is 1.06 bits per heavy atom. The molecule has 0 heterocycles. The van der Waals surface area contributed by atoms with E-state index in [-0.39, 0.29) is 0 Å². The van der Waals surface area contributed by atoms with E-state index in [1.807, 2.05) is 12.1 Å². The maximum atomic E-state index is 13.8. The summed E-state index contributed by atoms with van der Waals surface area (Å²) in [7, 11) is 1.58. The van der Waals surface area contributed by atoms with Crippen molar-refractivity contribution in [1.82, 2.24) is 0 Å². The number of rotatable bonds is 24. The molecular formula is C41H61FN2O9. The first-order chi connectivity index (χ1) is 25.1. The summed E-state index contributed by atoms with van der Waals surface area (Å²) in [5, 5.41) is 0. The Balaban J connectivity index is 2.01. The van der Waals surface area contributed by atoms with E-state index in [2.05, 4.69) is 0 Å². The van der Waals surface area contributed by atoms with Crippen LogP contribution in [0.1, 0.15) is 107 Å². The molecular weight excluding hydrogens is 683 g/mol. The Labute approximate surface area is 315 Å². The van der Waals surface area contributed by atoms with Gasteiger partial charge in [-0.05, 0) is 117 Å². The van der Waals surface area contributed by atoms with E-state index in [1.54, 1.807) is 96.6 Å². The van der Waals surface area contributed by atoms with Gasteiger partial charge in [0.2, 0.25) is 12.1 Å². The van der Waals surface area contributed by atoms with Gasteiger partial charge in [0.1, 0.15) is 11.6 Å². The van der Waals surface area contributed by atoms with Crippen LogP contribution in [0.2, 0.25) is 0 Å². The van der Waals surface area contributed by atoms with Crippen molar-refractivity contribution < 1.29 is 47.3 Å². The van der Waals surface area contributed by atoms with Crippen LogP contribution in [0.25, 0.3) is 0 Å². The number of nitrogens with zero attached hydrogens (tertiary/aromatic N) is 2. The van der Waals surface area contributed by atoms with Crippen LogP contribution < -0.4 is 14.5 Å². The van der Waals surface area contributed by atoms with Gasteiger partial charge in [-0.2, -0.15) is 0 Å². The Hall–Kier alpha value is -4.35. The Morgan fingerprint density at radius 2 is 0.774 bits per heavy atom. The molecule has 0 aliphatic carbocycles. The summed E-state index contributed by atoms with van der Waals surface area (Å²) in [6, 6.07) is 10.3. The SMILES string of the molecule is COc1ccc(N(CCCCCCCCCCN(c2ccc(F)cc2)C(C(=O)OC(C)C)C(=O)OC(C)C)C(C(=O)OC(C)C)C(=O)OC(C)C)cc1. The Morgan fingerprint density at radius 1 is 0.491 bits per heavy atom. The number of methoxy groups -OCH3 is 1. The molecule has 0 aliphatic rings. The first kappa shape index (κ1) is 44.8. The van der Waals surface area contributed by atoms with Gasteiger partial charge in [0, 0.05) is 24.5 Å². The molecule has 11 nitrogen and oxygen atoms in total. The van der Waals surface area contributed by atoms with Gasteiger partial charge in [0.15, 0.2) is 0 Å². The summed E-state index contributed by atoms with van der Waals surface area (Å²) in [5.74, 6) is -2.49. The largest absolute Gasteiger partial charge is 0.497 e. The smallest absolute Gasteiger partial charge is 0.340 e. The van der Waals surface area contributed by atoms with E-state index in [9.17, 15) is 23.6 Å². The highest BCUT2D eigenvalue weighted by molar-refractivity contribution is 6.03. The molecule has 0 atom stereocenters. The standard InChI is InChI=1S/C41H61FN2O9/c1-28(2)50-38(45)36(39(46)51-29(3)4)43(33-20-18-32(42)19-21-33)26-16-14-12-10-11-13-15-17-27-44(34-22-24-35(49-9)25-23-34)37(40(47)52-30(5)6)41(48)53-31(7)8/h18-25,28-31,36-37H,10-17,26-27H2,1-9H3. The van der Waals surface area contributed by atoms with Crippen molar-refractivity contribution in [3.8, 4) is 5.75 Å². The first-order valence-corrected chi connectivity index (χ1v) is 18.9. The van der Waals surface area contributed by atoms with Gasteiger partial charge in [0.05, 0.1) is 31.5 Å². The maximum Gasteiger partial charge on any atom is 0.340 e. The highest BCUT2D eigenvalue weighted by atomic mass is 19.1. The fourth-order valence-electron chi connectivity index (χ4n) is 5.73. The van der Waals surface area contributed by atoms with Crippen LogP contribution in [-0.2, 0) is 38.1 Å². The molecule has 0 amide bonds. The first-order valence-electron chi connectivity index (χ1n) is 18.9. The van der Waals surface area contributed by atoms with Gasteiger partial charge in [-0.3, -0.25) is 0 Å². The normalized spacial score (nSPS) is 11.4. The highest BCUT2D eigenvalue weighted by Crippen LogP contribution is 2.25. The summed E-state index contributed by atoms with van der Waals surface area (Å²) in [5.41, 5.74) is 1.21. The minimum atomic E-state index is -1.32. The quantitative estimate of drug-likeness (QED) is 0.0453. The molecule has 2 aromatic carbocycles.